The van der Waals surface area contributed by atoms with Crippen molar-refractivity contribution in [1.82, 2.24) is 14.9 Å². The van der Waals surface area contributed by atoms with Gasteiger partial charge >= 0.3 is 5.97 Å². The highest BCUT2D eigenvalue weighted by atomic mass is 19.1. The smallest absolute Gasteiger partial charge is 0.343 e. The van der Waals surface area contributed by atoms with E-state index in [0.29, 0.717) is 35.3 Å². The summed E-state index contributed by atoms with van der Waals surface area (Å²) in [6.45, 7) is 3.57. The zero-order valence-corrected chi connectivity index (χ0v) is 21.5. The molecule has 39 heavy (non-hydrogen) atoms. The second-order valence-corrected chi connectivity index (χ2v) is 11.0. The first kappa shape index (κ1) is 24.4. The molecule has 202 valence electrons. The summed E-state index contributed by atoms with van der Waals surface area (Å²) in [6, 6.07) is 2.57. The number of aryl methyl sites for hydroxylation is 1. The maximum Gasteiger partial charge on any atom is 0.343 e. The summed E-state index contributed by atoms with van der Waals surface area (Å²) >= 11 is 0. The van der Waals surface area contributed by atoms with Crippen molar-refractivity contribution in [3.05, 3.63) is 61.7 Å². The molecule has 1 amide bonds. The third kappa shape index (κ3) is 3.11. The number of ether oxygens (including phenoxy) is 2. The van der Waals surface area contributed by atoms with Gasteiger partial charge < -0.3 is 30.2 Å². The van der Waals surface area contributed by atoms with E-state index in [9.17, 15) is 19.5 Å². The van der Waals surface area contributed by atoms with Crippen molar-refractivity contribution in [2.45, 2.75) is 63.4 Å². The van der Waals surface area contributed by atoms with Crippen molar-refractivity contribution < 1.29 is 28.6 Å². The van der Waals surface area contributed by atoms with E-state index in [-0.39, 0.29) is 61.2 Å². The summed E-state index contributed by atoms with van der Waals surface area (Å²) < 4.78 is 26.9. The average molecular weight is 535 g/mol. The van der Waals surface area contributed by atoms with Crippen LogP contribution < -0.4 is 16.6 Å². The van der Waals surface area contributed by atoms with Gasteiger partial charge in [-0.1, -0.05) is 6.92 Å². The Morgan fingerprint density at radius 3 is 2.74 bits per heavy atom. The molecular formula is C28H27FN4O6. The highest BCUT2D eigenvalue weighted by Gasteiger charge is 2.47. The summed E-state index contributed by atoms with van der Waals surface area (Å²) in [5.41, 5.74) is 7.38. The lowest BCUT2D eigenvalue weighted by Crippen LogP contribution is -2.66. The van der Waals surface area contributed by atoms with Crippen molar-refractivity contribution in [3.8, 4) is 11.4 Å². The number of nitrogens with two attached hydrogens (primary N) is 1. The summed E-state index contributed by atoms with van der Waals surface area (Å²) in [7, 11) is 0. The fourth-order valence-corrected chi connectivity index (χ4v) is 6.45. The number of aromatic nitrogens is 2. The highest BCUT2D eigenvalue weighted by Crippen LogP contribution is 2.46. The van der Waals surface area contributed by atoms with Gasteiger partial charge in [-0.15, -0.1) is 0 Å². The molecule has 0 saturated carbocycles. The van der Waals surface area contributed by atoms with Crippen LogP contribution in [0.1, 0.15) is 59.2 Å². The van der Waals surface area contributed by atoms with Gasteiger partial charge in [0.25, 0.3) is 5.56 Å². The number of hydrogen-bond donors (Lipinski definition) is 3. The van der Waals surface area contributed by atoms with E-state index in [0.717, 1.165) is 22.1 Å². The molecule has 0 radical (unpaired) electrons. The van der Waals surface area contributed by atoms with Crippen molar-refractivity contribution in [1.29, 1.82) is 0 Å². The Labute approximate surface area is 221 Å². The minimum absolute atomic E-state index is 0.0253. The van der Waals surface area contributed by atoms with Crippen LogP contribution in [-0.2, 0) is 44.2 Å². The minimum Gasteiger partial charge on any atom is -0.458 e. The van der Waals surface area contributed by atoms with Gasteiger partial charge in [0.05, 0.1) is 48.3 Å². The summed E-state index contributed by atoms with van der Waals surface area (Å²) in [5, 5.41) is 15.0. The van der Waals surface area contributed by atoms with Crippen LogP contribution in [0.2, 0.25) is 0 Å². The zero-order chi connectivity index (χ0) is 27.4. The first-order valence-corrected chi connectivity index (χ1v) is 13.1. The first-order valence-electron chi connectivity index (χ1n) is 13.1. The fourth-order valence-electron chi connectivity index (χ4n) is 6.45. The first-order chi connectivity index (χ1) is 18.6. The van der Waals surface area contributed by atoms with E-state index in [1.807, 2.05) is 0 Å². The Hall–Kier alpha value is -3.67. The third-order valence-electron chi connectivity index (χ3n) is 8.85. The molecule has 1 aliphatic carbocycles. The van der Waals surface area contributed by atoms with Crippen LogP contribution in [-0.4, -0.2) is 45.3 Å². The molecule has 2 aromatic heterocycles. The van der Waals surface area contributed by atoms with E-state index in [1.165, 1.54) is 6.07 Å². The van der Waals surface area contributed by atoms with Crippen LogP contribution in [0.4, 0.5) is 4.39 Å². The molecule has 10 nitrogen and oxygen atoms in total. The molecule has 0 spiro atoms. The number of esters is 1. The van der Waals surface area contributed by atoms with E-state index in [1.54, 1.807) is 24.5 Å². The quantitative estimate of drug-likeness (QED) is 0.334. The monoisotopic (exact) mass is 534 g/mol. The van der Waals surface area contributed by atoms with Gasteiger partial charge in [-0.25, -0.2) is 14.2 Å². The standard InChI is InChI=1S/C28H27FN4O6/c1-3-28(37)16-6-20-23-14(8-33(20)24(34)15(16)9-39-26(28)36)22-18(32-25(35)27(30)10-38-11-27)5-4-13-12(2)17(29)7-19(31-23)21(13)22/h6-7,18,37H,3-5,8-11,30H2,1-2H3,(H,32,35)/t18-,28-/m1/s1. The lowest BCUT2D eigenvalue weighted by molar-refractivity contribution is -0.172. The number of carbonyl (C=O) groups excluding carboxylic acids is 2. The molecule has 2 atom stereocenters. The fraction of sp³-hybridized carbons (Fsp3) is 0.429. The number of pyridine rings is 2. The molecule has 7 rings (SSSR count). The average Bonchev–Trinajstić information content (AvgIpc) is 3.27. The molecule has 1 saturated heterocycles. The Morgan fingerprint density at radius 2 is 2.05 bits per heavy atom. The lowest BCUT2D eigenvalue weighted by atomic mass is 9.81. The number of nitrogens with one attached hydrogen (secondary N) is 1. The maximum absolute atomic E-state index is 15.0. The van der Waals surface area contributed by atoms with Crippen molar-refractivity contribution in [2.24, 2.45) is 5.73 Å². The van der Waals surface area contributed by atoms with Gasteiger partial charge in [-0.3, -0.25) is 9.59 Å². The van der Waals surface area contributed by atoms with Gasteiger partial charge in [-0.2, -0.15) is 0 Å². The van der Waals surface area contributed by atoms with Gasteiger partial charge in [-0.05, 0) is 48.9 Å². The van der Waals surface area contributed by atoms with Gasteiger partial charge in [0.15, 0.2) is 5.60 Å². The molecule has 3 aliphatic heterocycles. The van der Waals surface area contributed by atoms with Gasteiger partial charge in [0.2, 0.25) is 5.91 Å². The molecule has 0 bridgehead atoms. The molecule has 5 heterocycles. The second-order valence-electron chi connectivity index (χ2n) is 11.0. The Morgan fingerprint density at radius 1 is 1.28 bits per heavy atom. The number of hydrogen-bond acceptors (Lipinski definition) is 8. The Kier molecular flexibility index (Phi) is 4.96. The van der Waals surface area contributed by atoms with Crippen LogP contribution in [0.3, 0.4) is 0 Å². The van der Waals surface area contributed by atoms with Crippen LogP contribution in [0.25, 0.3) is 22.3 Å². The van der Waals surface area contributed by atoms with Crippen LogP contribution in [0.15, 0.2) is 16.9 Å². The largest absolute Gasteiger partial charge is 0.458 e. The van der Waals surface area contributed by atoms with E-state index < -0.39 is 23.2 Å². The predicted octanol–water partition coefficient (Wildman–Crippen LogP) is 1.36. The van der Waals surface area contributed by atoms with Crippen molar-refractivity contribution in [2.75, 3.05) is 13.2 Å². The normalized spacial score (nSPS) is 23.9. The molecule has 0 unspecified atom stereocenters. The lowest BCUT2D eigenvalue weighted by Gasteiger charge is -2.38. The van der Waals surface area contributed by atoms with Crippen molar-refractivity contribution in [3.63, 3.8) is 0 Å². The summed E-state index contributed by atoms with van der Waals surface area (Å²) in [4.78, 5) is 44.1. The summed E-state index contributed by atoms with van der Waals surface area (Å²) in [6.07, 6.45) is 1.08. The molecule has 4 N–H and O–H groups in total. The van der Waals surface area contributed by atoms with Crippen LogP contribution >= 0.6 is 0 Å². The number of rotatable bonds is 3. The van der Waals surface area contributed by atoms with E-state index in [2.05, 4.69) is 5.32 Å². The number of cyclic esters (lactones) is 1. The van der Waals surface area contributed by atoms with Crippen LogP contribution in [0.5, 0.6) is 0 Å². The molecule has 11 heteroatoms. The van der Waals surface area contributed by atoms with Gasteiger partial charge in [0, 0.05) is 22.6 Å². The molecule has 1 fully saturated rings. The topological polar surface area (TPSA) is 146 Å². The SMILES string of the molecule is CC[C@]1(O)C(=O)OCc2c1cc1n(c2=O)Cc2c-1nc1cc(F)c(C)c3c1c2[C@H](NC(=O)C1(N)COC1)CC3. The second kappa shape index (κ2) is 7.93. The number of amides is 1. The van der Waals surface area contributed by atoms with Gasteiger partial charge in [0.1, 0.15) is 18.0 Å². The third-order valence-corrected chi connectivity index (χ3v) is 8.85. The van der Waals surface area contributed by atoms with Crippen LogP contribution in [0, 0.1) is 12.7 Å². The number of nitrogens with zero attached hydrogens (tertiary/aromatic N) is 2. The number of benzene rings is 1. The highest BCUT2D eigenvalue weighted by molar-refractivity contribution is 5.94. The number of halogens is 1. The van der Waals surface area contributed by atoms with E-state index >= 15 is 4.39 Å². The molecular weight excluding hydrogens is 507 g/mol. The maximum atomic E-state index is 15.0. The number of carbonyl (C=O) groups is 2. The van der Waals surface area contributed by atoms with Crippen molar-refractivity contribution >= 4 is 22.8 Å². The molecule has 3 aromatic rings. The summed E-state index contributed by atoms with van der Waals surface area (Å²) in [5.74, 6) is -1.51. The Balaban J connectivity index is 1.47. The van der Waals surface area contributed by atoms with E-state index in [4.69, 9.17) is 20.2 Å². The molecule has 1 aromatic carbocycles. The zero-order valence-electron chi connectivity index (χ0n) is 21.5. The predicted molar refractivity (Wildman–Crippen MR) is 136 cm³/mol. The number of fused-ring (bicyclic) bond motifs is 5. The number of aliphatic hydroxyl groups is 1. The Bertz CT molecular complexity index is 1710. The molecule has 4 aliphatic rings. The minimum atomic E-state index is -1.95.